The molecule has 0 saturated heterocycles. The Morgan fingerprint density at radius 2 is 1.95 bits per heavy atom. The van der Waals surface area contributed by atoms with Crippen molar-refractivity contribution in [3.05, 3.63) is 29.5 Å². The summed E-state index contributed by atoms with van der Waals surface area (Å²) in [7, 11) is 0. The van der Waals surface area contributed by atoms with Crippen LogP contribution in [0.15, 0.2) is 18.2 Å². The van der Waals surface area contributed by atoms with Crippen molar-refractivity contribution >= 4 is 10.9 Å². The smallest absolute Gasteiger partial charge is 0.120 e. The molecule has 2 aromatic rings. The lowest BCUT2D eigenvalue weighted by atomic mass is 10.1. The first-order valence-electron chi connectivity index (χ1n) is 7.96. The van der Waals surface area contributed by atoms with Gasteiger partial charge in [0.25, 0.3) is 0 Å². The lowest BCUT2D eigenvalue weighted by molar-refractivity contribution is 0.217. The van der Waals surface area contributed by atoms with E-state index in [0.717, 1.165) is 18.7 Å². The minimum absolute atomic E-state index is 0.239. The highest BCUT2D eigenvalue weighted by atomic mass is 16.5. The van der Waals surface area contributed by atoms with E-state index in [2.05, 4.69) is 57.4 Å². The van der Waals surface area contributed by atoms with E-state index in [-0.39, 0.29) is 6.10 Å². The van der Waals surface area contributed by atoms with Gasteiger partial charge in [0.2, 0.25) is 0 Å². The zero-order valence-corrected chi connectivity index (χ0v) is 13.9. The van der Waals surface area contributed by atoms with Crippen LogP contribution in [0.5, 0.6) is 5.75 Å². The minimum atomic E-state index is 0.239. The normalized spacial score (nSPS) is 13.1. The monoisotopic (exact) mass is 288 g/mol. The average Bonchev–Trinajstić information content (AvgIpc) is 2.70. The van der Waals surface area contributed by atoms with Crippen molar-refractivity contribution in [3.63, 3.8) is 0 Å². The molecule has 3 heteroatoms. The van der Waals surface area contributed by atoms with Gasteiger partial charge in [-0.2, -0.15) is 0 Å². The molecule has 116 valence electrons. The molecule has 0 amide bonds. The van der Waals surface area contributed by atoms with Crippen molar-refractivity contribution < 1.29 is 4.74 Å². The molecule has 1 aromatic carbocycles. The maximum Gasteiger partial charge on any atom is 0.120 e. The number of nitrogens with zero attached hydrogens (tertiary/aromatic N) is 1. The Hall–Kier alpha value is -1.48. The SMILES string of the molecule is CCC(C)Oc1ccc2c(c1)c(CN)c(C)n2CC(C)C. The van der Waals surface area contributed by atoms with Gasteiger partial charge in [0.15, 0.2) is 0 Å². The van der Waals surface area contributed by atoms with Gasteiger partial charge < -0.3 is 15.0 Å². The summed E-state index contributed by atoms with van der Waals surface area (Å²) in [5.74, 6) is 1.55. The number of hydrogen-bond acceptors (Lipinski definition) is 2. The average molecular weight is 288 g/mol. The maximum atomic E-state index is 5.98. The first kappa shape index (κ1) is 15.9. The summed E-state index contributed by atoms with van der Waals surface area (Å²) in [4.78, 5) is 0. The molecule has 3 nitrogen and oxygen atoms in total. The van der Waals surface area contributed by atoms with Gasteiger partial charge >= 0.3 is 0 Å². The van der Waals surface area contributed by atoms with E-state index >= 15 is 0 Å². The lowest BCUT2D eigenvalue weighted by Gasteiger charge is -2.13. The predicted molar refractivity (Wildman–Crippen MR) is 89.8 cm³/mol. The lowest BCUT2D eigenvalue weighted by Crippen LogP contribution is -2.09. The van der Waals surface area contributed by atoms with Crippen LogP contribution >= 0.6 is 0 Å². The number of rotatable bonds is 6. The van der Waals surface area contributed by atoms with Gasteiger partial charge in [0.1, 0.15) is 5.75 Å². The van der Waals surface area contributed by atoms with Crippen LogP contribution in [-0.4, -0.2) is 10.7 Å². The van der Waals surface area contributed by atoms with E-state index in [1.165, 1.54) is 22.2 Å². The quantitative estimate of drug-likeness (QED) is 0.863. The molecule has 0 saturated carbocycles. The summed E-state index contributed by atoms with van der Waals surface area (Å²) >= 11 is 0. The summed E-state index contributed by atoms with van der Waals surface area (Å²) < 4.78 is 8.34. The standard InChI is InChI=1S/C18H28N2O/c1-6-13(4)21-15-7-8-18-16(9-15)17(10-19)14(5)20(18)11-12(2)3/h7-9,12-13H,6,10-11,19H2,1-5H3. The van der Waals surface area contributed by atoms with Gasteiger partial charge in [-0.25, -0.2) is 0 Å². The number of benzene rings is 1. The number of ether oxygens (including phenoxy) is 1. The Morgan fingerprint density at radius 3 is 2.52 bits per heavy atom. The fourth-order valence-electron chi connectivity index (χ4n) is 2.78. The number of aromatic nitrogens is 1. The summed E-state index contributed by atoms with van der Waals surface area (Å²) in [6.45, 7) is 12.5. The van der Waals surface area contributed by atoms with Gasteiger partial charge in [-0.3, -0.25) is 0 Å². The zero-order chi connectivity index (χ0) is 15.6. The third kappa shape index (κ3) is 3.24. The number of fused-ring (bicyclic) bond motifs is 1. The fourth-order valence-corrected chi connectivity index (χ4v) is 2.78. The maximum absolute atomic E-state index is 5.98. The van der Waals surface area contributed by atoms with Gasteiger partial charge in [-0.05, 0) is 49.9 Å². The Labute approximate surface area is 128 Å². The Kier molecular flexibility index (Phi) is 4.94. The molecule has 0 bridgehead atoms. The summed E-state index contributed by atoms with van der Waals surface area (Å²) in [6, 6.07) is 6.39. The third-order valence-corrected chi connectivity index (χ3v) is 4.09. The van der Waals surface area contributed by atoms with Gasteiger partial charge in [0.05, 0.1) is 6.10 Å². The van der Waals surface area contributed by atoms with Crippen molar-refractivity contribution in [2.45, 2.75) is 60.2 Å². The first-order chi connectivity index (χ1) is 9.97. The van der Waals surface area contributed by atoms with Crippen molar-refractivity contribution in [1.29, 1.82) is 0 Å². The Morgan fingerprint density at radius 1 is 1.24 bits per heavy atom. The minimum Gasteiger partial charge on any atom is -0.491 e. The van der Waals surface area contributed by atoms with E-state index < -0.39 is 0 Å². The topological polar surface area (TPSA) is 40.2 Å². The molecule has 2 rings (SSSR count). The van der Waals surface area contributed by atoms with E-state index in [4.69, 9.17) is 10.5 Å². The molecular formula is C18H28N2O. The van der Waals surface area contributed by atoms with E-state index in [1.807, 2.05) is 0 Å². The second-order valence-electron chi connectivity index (χ2n) is 6.29. The molecular weight excluding hydrogens is 260 g/mol. The van der Waals surface area contributed by atoms with Crippen LogP contribution in [0.25, 0.3) is 10.9 Å². The van der Waals surface area contributed by atoms with Gasteiger partial charge in [0, 0.05) is 29.7 Å². The van der Waals surface area contributed by atoms with Crippen molar-refractivity contribution in [3.8, 4) is 5.75 Å². The van der Waals surface area contributed by atoms with Crippen molar-refractivity contribution in [2.24, 2.45) is 11.7 Å². The van der Waals surface area contributed by atoms with Gasteiger partial charge in [-0.1, -0.05) is 20.8 Å². The summed E-state index contributed by atoms with van der Waals surface area (Å²) in [6.07, 6.45) is 1.25. The summed E-state index contributed by atoms with van der Waals surface area (Å²) in [5.41, 5.74) is 9.76. The van der Waals surface area contributed by atoms with Crippen molar-refractivity contribution in [1.82, 2.24) is 4.57 Å². The molecule has 1 heterocycles. The largest absolute Gasteiger partial charge is 0.491 e. The van der Waals surface area contributed by atoms with Crippen molar-refractivity contribution in [2.75, 3.05) is 0 Å². The third-order valence-electron chi connectivity index (χ3n) is 4.09. The molecule has 0 aliphatic rings. The second kappa shape index (κ2) is 6.52. The van der Waals surface area contributed by atoms with E-state index in [1.54, 1.807) is 0 Å². The molecule has 1 unspecified atom stereocenters. The summed E-state index contributed by atoms with van der Waals surface area (Å²) in [5, 5.41) is 1.23. The first-order valence-corrected chi connectivity index (χ1v) is 7.96. The molecule has 0 aliphatic carbocycles. The Bertz CT molecular complexity index is 613. The molecule has 0 spiro atoms. The predicted octanol–water partition coefficient (Wildman–Crippen LogP) is 4.24. The molecule has 0 radical (unpaired) electrons. The molecule has 1 atom stereocenters. The van der Waals surface area contributed by atoms with E-state index in [0.29, 0.717) is 12.5 Å². The molecule has 21 heavy (non-hydrogen) atoms. The van der Waals surface area contributed by atoms with Crippen LogP contribution < -0.4 is 10.5 Å². The van der Waals surface area contributed by atoms with Crippen LogP contribution in [0.1, 0.15) is 45.4 Å². The molecule has 0 aliphatic heterocycles. The van der Waals surface area contributed by atoms with Gasteiger partial charge in [-0.15, -0.1) is 0 Å². The fraction of sp³-hybridized carbons (Fsp3) is 0.556. The number of nitrogens with two attached hydrogens (primary N) is 1. The van der Waals surface area contributed by atoms with Crippen LogP contribution in [-0.2, 0) is 13.1 Å². The van der Waals surface area contributed by atoms with Crippen LogP contribution in [0, 0.1) is 12.8 Å². The van der Waals surface area contributed by atoms with Crippen LogP contribution in [0.4, 0.5) is 0 Å². The van der Waals surface area contributed by atoms with Crippen LogP contribution in [0.3, 0.4) is 0 Å². The second-order valence-corrected chi connectivity index (χ2v) is 6.29. The Balaban J connectivity index is 2.51. The molecule has 0 fully saturated rings. The molecule has 1 aromatic heterocycles. The molecule has 2 N–H and O–H groups in total. The highest BCUT2D eigenvalue weighted by molar-refractivity contribution is 5.87. The van der Waals surface area contributed by atoms with Crippen LogP contribution in [0.2, 0.25) is 0 Å². The highest BCUT2D eigenvalue weighted by Crippen LogP contribution is 2.30. The van der Waals surface area contributed by atoms with E-state index in [9.17, 15) is 0 Å². The number of hydrogen-bond donors (Lipinski definition) is 1. The highest BCUT2D eigenvalue weighted by Gasteiger charge is 2.15. The zero-order valence-electron chi connectivity index (χ0n) is 13.9.